The lowest BCUT2D eigenvalue weighted by molar-refractivity contribution is 0.794. The molecular formula is C12H15FN4S. The minimum absolute atomic E-state index is 0.0346. The summed E-state index contributed by atoms with van der Waals surface area (Å²) < 4.78 is 14.1. The molecule has 4 N–H and O–H groups in total. The predicted octanol–water partition coefficient (Wildman–Crippen LogP) is 2.24. The van der Waals surface area contributed by atoms with Crippen LogP contribution in [-0.2, 0) is 13.1 Å². The van der Waals surface area contributed by atoms with Crippen LogP contribution in [0.15, 0.2) is 30.5 Å². The Labute approximate surface area is 109 Å². The zero-order valence-electron chi connectivity index (χ0n) is 9.82. The molecule has 4 nitrogen and oxygen atoms in total. The Morgan fingerprint density at radius 1 is 1.44 bits per heavy atom. The lowest BCUT2D eigenvalue weighted by Crippen LogP contribution is -2.29. The Morgan fingerprint density at radius 3 is 3.00 bits per heavy atom. The first-order chi connectivity index (χ1) is 8.70. The second-order valence-electron chi connectivity index (χ2n) is 3.98. The summed E-state index contributed by atoms with van der Waals surface area (Å²) in [5.74, 6) is 0.421. The fourth-order valence-corrected chi connectivity index (χ4v) is 2.15. The van der Waals surface area contributed by atoms with Crippen molar-refractivity contribution in [1.82, 2.24) is 9.88 Å². The van der Waals surface area contributed by atoms with Crippen molar-refractivity contribution in [3.8, 4) is 0 Å². The summed E-state index contributed by atoms with van der Waals surface area (Å²) >= 11 is 0.355. The number of guanidine groups is 1. The van der Waals surface area contributed by atoms with Crippen LogP contribution in [-0.4, -0.2) is 16.3 Å². The maximum absolute atomic E-state index is 12.1. The molecule has 0 radical (unpaired) electrons. The average Bonchev–Trinajstić information content (AvgIpc) is 2.76. The number of hydrogen-bond donors (Lipinski definition) is 3. The van der Waals surface area contributed by atoms with E-state index in [-0.39, 0.29) is 5.96 Å². The molecule has 2 rings (SSSR count). The Kier molecular flexibility index (Phi) is 4.09. The second-order valence-corrected chi connectivity index (χ2v) is 4.61. The van der Waals surface area contributed by atoms with E-state index < -0.39 is 0 Å². The minimum Gasteiger partial charge on any atom is -0.370 e. The van der Waals surface area contributed by atoms with Crippen molar-refractivity contribution >= 4 is 29.0 Å². The van der Waals surface area contributed by atoms with E-state index in [1.54, 1.807) is 0 Å². The van der Waals surface area contributed by atoms with Gasteiger partial charge in [-0.3, -0.25) is 5.41 Å². The van der Waals surface area contributed by atoms with Crippen LogP contribution in [0.1, 0.15) is 5.56 Å². The van der Waals surface area contributed by atoms with Crippen LogP contribution in [0.25, 0.3) is 10.9 Å². The normalized spacial score (nSPS) is 10.7. The third-order valence-electron chi connectivity index (χ3n) is 2.73. The lowest BCUT2D eigenvalue weighted by atomic mass is 10.1. The highest BCUT2D eigenvalue weighted by molar-refractivity contribution is 7.94. The summed E-state index contributed by atoms with van der Waals surface area (Å²) in [4.78, 5) is 0. The zero-order valence-corrected chi connectivity index (χ0v) is 10.6. The topological polar surface area (TPSA) is 66.8 Å². The number of nitrogens with two attached hydrogens (primary N) is 1. The summed E-state index contributed by atoms with van der Waals surface area (Å²) in [6.45, 7) is 1.20. The Morgan fingerprint density at radius 2 is 2.28 bits per heavy atom. The van der Waals surface area contributed by atoms with Crippen molar-refractivity contribution in [2.24, 2.45) is 5.73 Å². The molecule has 18 heavy (non-hydrogen) atoms. The maximum Gasteiger partial charge on any atom is 0.185 e. The van der Waals surface area contributed by atoms with Gasteiger partial charge in [0.05, 0.1) is 0 Å². The number of aromatic nitrogens is 1. The van der Waals surface area contributed by atoms with E-state index in [0.717, 1.165) is 16.5 Å². The summed E-state index contributed by atoms with van der Waals surface area (Å²) in [5, 5.41) is 11.0. The van der Waals surface area contributed by atoms with Crippen LogP contribution in [0.4, 0.5) is 3.89 Å². The molecule has 0 aliphatic rings. The van der Waals surface area contributed by atoms with E-state index in [1.165, 1.54) is 0 Å². The number of rotatable bonds is 5. The molecule has 0 aliphatic carbocycles. The van der Waals surface area contributed by atoms with Gasteiger partial charge in [-0.05, 0) is 29.1 Å². The lowest BCUT2D eigenvalue weighted by Gasteiger charge is -2.06. The third-order valence-corrected chi connectivity index (χ3v) is 3.06. The molecule has 0 atom stereocenters. The molecule has 1 heterocycles. The first kappa shape index (κ1) is 12.8. The Balaban J connectivity index is 2.17. The fraction of sp³-hybridized carbons (Fsp3) is 0.250. The van der Waals surface area contributed by atoms with Crippen molar-refractivity contribution in [3.63, 3.8) is 0 Å². The molecule has 0 saturated heterocycles. The summed E-state index contributed by atoms with van der Waals surface area (Å²) in [7, 11) is 0. The summed E-state index contributed by atoms with van der Waals surface area (Å²) in [6, 6.07) is 8.05. The van der Waals surface area contributed by atoms with E-state index in [2.05, 4.69) is 5.32 Å². The van der Waals surface area contributed by atoms with Gasteiger partial charge in [-0.2, -0.15) is 3.89 Å². The first-order valence-electron chi connectivity index (χ1n) is 5.60. The van der Waals surface area contributed by atoms with Crippen molar-refractivity contribution in [2.75, 3.05) is 5.75 Å². The molecule has 0 aliphatic heterocycles. The van der Waals surface area contributed by atoms with E-state index in [9.17, 15) is 3.89 Å². The van der Waals surface area contributed by atoms with Crippen LogP contribution in [0.3, 0.4) is 0 Å². The van der Waals surface area contributed by atoms with E-state index in [1.807, 2.05) is 35.0 Å². The van der Waals surface area contributed by atoms with Gasteiger partial charge in [0, 0.05) is 42.7 Å². The highest BCUT2D eigenvalue weighted by atomic mass is 32.2. The number of aryl methyl sites for hydroxylation is 1. The van der Waals surface area contributed by atoms with E-state index in [0.29, 0.717) is 31.0 Å². The highest BCUT2D eigenvalue weighted by Gasteiger charge is 2.02. The van der Waals surface area contributed by atoms with Crippen LogP contribution >= 0.6 is 12.1 Å². The SMILES string of the molecule is N=C(N)NCc1ccc2c(ccn2CCSF)c1. The van der Waals surface area contributed by atoms with Gasteiger partial charge in [0.15, 0.2) is 5.96 Å². The average molecular weight is 266 g/mol. The Hall–Kier alpha value is -1.69. The molecule has 0 bridgehead atoms. The monoisotopic (exact) mass is 266 g/mol. The number of halogens is 1. The Bertz CT molecular complexity index is 552. The largest absolute Gasteiger partial charge is 0.370 e. The van der Waals surface area contributed by atoms with Gasteiger partial charge in [0.25, 0.3) is 0 Å². The van der Waals surface area contributed by atoms with Gasteiger partial charge in [-0.1, -0.05) is 6.07 Å². The zero-order chi connectivity index (χ0) is 13.0. The molecule has 1 aromatic heterocycles. The van der Waals surface area contributed by atoms with Gasteiger partial charge in [-0.15, -0.1) is 0 Å². The number of nitrogens with one attached hydrogen (secondary N) is 2. The molecule has 6 heteroatoms. The van der Waals surface area contributed by atoms with Crippen LogP contribution < -0.4 is 11.1 Å². The molecule has 1 aromatic carbocycles. The number of hydrogen-bond acceptors (Lipinski definition) is 2. The molecule has 2 aromatic rings. The fourth-order valence-electron chi connectivity index (χ4n) is 1.88. The van der Waals surface area contributed by atoms with E-state index in [4.69, 9.17) is 11.1 Å². The first-order valence-corrected chi connectivity index (χ1v) is 6.48. The standard InChI is InChI=1S/C12H15FN4S/c13-18-6-5-17-4-3-10-7-9(1-2-11(10)17)8-16-12(14)15/h1-4,7H,5-6,8H2,(H4,14,15,16). The van der Waals surface area contributed by atoms with Gasteiger partial charge >= 0.3 is 0 Å². The second kappa shape index (κ2) is 5.77. The summed E-state index contributed by atoms with van der Waals surface area (Å²) in [5.41, 5.74) is 7.40. The molecular weight excluding hydrogens is 251 g/mol. The van der Waals surface area contributed by atoms with Crippen LogP contribution in [0.5, 0.6) is 0 Å². The van der Waals surface area contributed by atoms with Gasteiger partial charge in [-0.25, -0.2) is 0 Å². The third kappa shape index (κ3) is 2.95. The molecule has 0 saturated carbocycles. The number of nitrogens with zero attached hydrogens (tertiary/aromatic N) is 1. The predicted molar refractivity (Wildman–Crippen MR) is 74.3 cm³/mol. The highest BCUT2D eigenvalue weighted by Crippen LogP contribution is 2.18. The van der Waals surface area contributed by atoms with Gasteiger partial charge in [0.1, 0.15) is 0 Å². The van der Waals surface area contributed by atoms with Crippen LogP contribution in [0, 0.1) is 5.41 Å². The molecule has 0 amide bonds. The molecule has 0 unspecified atom stereocenters. The van der Waals surface area contributed by atoms with Crippen molar-refractivity contribution in [1.29, 1.82) is 5.41 Å². The van der Waals surface area contributed by atoms with E-state index >= 15 is 0 Å². The van der Waals surface area contributed by atoms with Crippen LogP contribution in [0.2, 0.25) is 0 Å². The van der Waals surface area contributed by atoms with Gasteiger partial charge in [0.2, 0.25) is 0 Å². The van der Waals surface area contributed by atoms with Crippen molar-refractivity contribution in [3.05, 3.63) is 36.0 Å². The van der Waals surface area contributed by atoms with Crippen molar-refractivity contribution in [2.45, 2.75) is 13.1 Å². The minimum atomic E-state index is -0.0346. The molecule has 96 valence electrons. The molecule has 0 fully saturated rings. The molecule has 0 spiro atoms. The smallest absolute Gasteiger partial charge is 0.185 e. The number of fused-ring (bicyclic) bond motifs is 1. The van der Waals surface area contributed by atoms with Crippen molar-refractivity contribution < 1.29 is 3.89 Å². The summed E-state index contributed by atoms with van der Waals surface area (Å²) in [6.07, 6.45) is 1.96. The maximum atomic E-state index is 12.1. The quantitative estimate of drug-likeness (QED) is 0.574. The van der Waals surface area contributed by atoms with Gasteiger partial charge < -0.3 is 15.6 Å². The number of benzene rings is 1.